The summed E-state index contributed by atoms with van der Waals surface area (Å²) < 4.78 is 2.51. The quantitative estimate of drug-likeness (QED) is 0.443. The largest absolute Gasteiger partial charge is 0.358 e. The molecule has 0 fully saturated rings. The lowest BCUT2D eigenvalue weighted by Crippen LogP contribution is -2.27. The van der Waals surface area contributed by atoms with Crippen molar-refractivity contribution in [3.05, 3.63) is 95.7 Å². The molecule has 2 aromatic rings. The summed E-state index contributed by atoms with van der Waals surface area (Å²) in [5.41, 5.74) is 8.06. The van der Waals surface area contributed by atoms with Gasteiger partial charge in [-0.3, -0.25) is 0 Å². The summed E-state index contributed by atoms with van der Waals surface area (Å²) in [6.07, 6.45) is 14.3. The molecule has 0 amide bonds. The molecule has 2 aliphatic heterocycles. The number of hydrogen-bond acceptors (Lipinski definition) is 1. The van der Waals surface area contributed by atoms with Crippen LogP contribution in [-0.4, -0.2) is 16.8 Å². The third kappa shape index (κ3) is 3.85. The number of hydrogen-bond donors (Lipinski definition) is 1. The van der Waals surface area contributed by atoms with E-state index in [0.29, 0.717) is 0 Å². The van der Waals surface area contributed by atoms with Gasteiger partial charge in [0.15, 0.2) is 5.71 Å². The second kappa shape index (κ2) is 8.24. The minimum Gasteiger partial charge on any atom is -0.358 e. The van der Waals surface area contributed by atoms with Crippen molar-refractivity contribution in [3.63, 3.8) is 0 Å². The second-order valence-corrected chi connectivity index (χ2v) is 8.43. The molecular weight excluding hydrogens is 352 g/mol. The highest BCUT2D eigenvalue weighted by atomic mass is 15.1. The number of para-hydroxylation sites is 2. The Labute approximate surface area is 175 Å². The average Bonchev–Trinajstić information content (AvgIpc) is 3.23. The number of fused-ring (bicyclic) bond motifs is 2. The molecule has 2 heterocycles. The van der Waals surface area contributed by atoms with Crippen molar-refractivity contribution >= 4 is 17.1 Å². The predicted octanol–water partition coefficient (Wildman–Crippen LogP) is 6.53. The Morgan fingerprint density at radius 3 is 2.62 bits per heavy atom. The zero-order valence-corrected chi connectivity index (χ0v) is 17.8. The summed E-state index contributed by atoms with van der Waals surface area (Å²) in [6, 6.07) is 17.4. The number of rotatable bonds is 6. The van der Waals surface area contributed by atoms with E-state index < -0.39 is 0 Å². The highest BCUT2D eigenvalue weighted by molar-refractivity contribution is 6.03. The first-order valence-electron chi connectivity index (χ1n) is 10.7. The van der Waals surface area contributed by atoms with E-state index >= 15 is 0 Å². The van der Waals surface area contributed by atoms with E-state index in [1.54, 1.807) is 0 Å². The number of allylic oxidation sites excluding steroid dienone is 6. The molecule has 0 radical (unpaired) electrons. The van der Waals surface area contributed by atoms with Crippen LogP contribution in [0.15, 0.2) is 84.6 Å². The Balaban J connectivity index is 1.52. The van der Waals surface area contributed by atoms with Gasteiger partial charge in [0.1, 0.15) is 6.54 Å². The molecule has 2 aliphatic rings. The molecule has 2 nitrogen and oxygen atoms in total. The molecule has 2 heteroatoms. The van der Waals surface area contributed by atoms with E-state index in [-0.39, 0.29) is 5.41 Å². The minimum absolute atomic E-state index is 0.0296. The molecule has 0 aliphatic carbocycles. The van der Waals surface area contributed by atoms with Crippen LogP contribution in [0.5, 0.6) is 0 Å². The maximum Gasteiger partial charge on any atom is 0.209 e. The monoisotopic (exact) mass is 383 g/mol. The van der Waals surface area contributed by atoms with E-state index in [2.05, 4.69) is 110 Å². The van der Waals surface area contributed by atoms with Crippen LogP contribution < -0.4 is 5.32 Å². The third-order valence-electron chi connectivity index (χ3n) is 6.00. The number of nitrogens with one attached hydrogen (secondary N) is 1. The van der Waals surface area contributed by atoms with Gasteiger partial charge in [0, 0.05) is 41.9 Å². The molecule has 0 spiro atoms. The van der Waals surface area contributed by atoms with Crippen molar-refractivity contribution in [2.24, 2.45) is 0 Å². The van der Waals surface area contributed by atoms with Gasteiger partial charge in [0.25, 0.3) is 0 Å². The van der Waals surface area contributed by atoms with Crippen LogP contribution in [0.1, 0.15) is 44.7 Å². The Morgan fingerprint density at radius 1 is 1.00 bits per heavy atom. The maximum atomic E-state index is 3.49. The van der Waals surface area contributed by atoms with Gasteiger partial charge in [-0.05, 0) is 31.6 Å². The zero-order chi connectivity index (χ0) is 20.3. The van der Waals surface area contributed by atoms with Crippen LogP contribution in [0.3, 0.4) is 0 Å². The summed E-state index contributed by atoms with van der Waals surface area (Å²) in [4.78, 5) is 0. The van der Waals surface area contributed by atoms with Gasteiger partial charge in [0.05, 0.1) is 5.41 Å². The Hall–Kier alpha value is -2.87. The second-order valence-electron chi connectivity index (χ2n) is 8.43. The molecule has 0 unspecified atom stereocenters. The first kappa shape index (κ1) is 19.4. The molecule has 29 heavy (non-hydrogen) atoms. The smallest absolute Gasteiger partial charge is 0.209 e. The van der Waals surface area contributed by atoms with Crippen molar-refractivity contribution in [1.82, 2.24) is 0 Å². The van der Waals surface area contributed by atoms with Gasteiger partial charge in [-0.25, -0.2) is 0 Å². The van der Waals surface area contributed by atoms with Crippen molar-refractivity contribution in [3.8, 4) is 0 Å². The van der Waals surface area contributed by atoms with Crippen LogP contribution in [0.25, 0.3) is 0 Å². The van der Waals surface area contributed by atoms with Crippen molar-refractivity contribution in [1.29, 1.82) is 0 Å². The first-order valence-corrected chi connectivity index (χ1v) is 10.7. The summed E-state index contributed by atoms with van der Waals surface area (Å²) >= 11 is 0. The lowest BCUT2D eigenvalue weighted by Gasteiger charge is -2.15. The fourth-order valence-electron chi connectivity index (χ4n) is 4.40. The van der Waals surface area contributed by atoms with E-state index in [0.717, 1.165) is 13.0 Å². The molecule has 0 saturated carbocycles. The molecule has 0 aromatic heterocycles. The zero-order valence-electron chi connectivity index (χ0n) is 17.8. The maximum absolute atomic E-state index is 3.49. The summed E-state index contributed by atoms with van der Waals surface area (Å²) in [5.74, 6) is 0. The van der Waals surface area contributed by atoms with Crippen molar-refractivity contribution in [2.45, 2.75) is 45.4 Å². The topological polar surface area (TPSA) is 15.0 Å². The molecule has 2 aromatic carbocycles. The SMILES string of the molecule is CCCC[N+]1=C(C=CC=CC=C2Cc3ccccc3N2)C(C)(C)c2ccccc21. The fraction of sp³-hybridized carbons (Fsp3) is 0.296. The van der Waals surface area contributed by atoms with Gasteiger partial charge in [0.2, 0.25) is 5.69 Å². The molecule has 1 N–H and O–H groups in total. The summed E-state index contributed by atoms with van der Waals surface area (Å²) in [7, 11) is 0. The molecule has 148 valence electrons. The third-order valence-corrected chi connectivity index (χ3v) is 6.00. The minimum atomic E-state index is 0.0296. The average molecular weight is 384 g/mol. The highest BCUT2D eigenvalue weighted by Crippen LogP contribution is 2.39. The van der Waals surface area contributed by atoms with Gasteiger partial charge in [-0.15, -0.1) is 0 Å². The Bertz CT molecular complexity index is 991. The highest BCUT2D eigenvalue weighted by Gasteiger charge is 2.43. The standard InChI is InChI=1S/C27H30N2/c1-4-5-19-29-25-17-12-10-15-23(25)27(2,3)26(29)18-8-6-7-14-22-20-21-13-9-11-16-24(21)28-22/h6-18H,4-5,19-20H2,1-3H3/p+1. The molecule has 4 rings (SSSR count). The van der Waals surface area contributed by atoms with Crippen LogP contribution in [0.4, 0.5) is 11.4 Å². The van der Waals surface area contributed by atoms with Gasteiger partial charge >= 0.3 is 0 Å². The number of unbranched alkanes of at least 4 members (excludes halogenated alkanes) is 1. The molecule has 0 saturated heterocycles. The Kier molecular flexibility index (Phi) is 5.53. The lowest BCUT2D eigenvalue weighted by molar-refractivity contribution is -0.438. The van der Waals surface area contributed by atoms with E-state index in [4.69, 9.17) is 0 Å². The predicted molar refractivity (Wildman–Crippen MR) is 124 cm³/mol. The molecule has 0 bridgehead atoms. The van der Waals surface area contributed by atoms with Crippen LogP contribution in [0, 0.1) is 0 Å². The normalized spacial score (nSPS) is 18.7. The van der Waals surface area contributed by atoms with E-state index in [1.165, 1.54) is 46.8 Å². The molecular formula is C27H31N2+. The van der Waals surface area contributed by atoms with Gasteiger partial charge in [-0.2, -0.15) is 4.58 Å². The number of anilines is 1. The van der Waals surface area contributed by atoms with E-state index in [9.17, 15) is 0 Å². The van der Waals surface area contributed by atoms with Gasteiger partial charge in [-0.1, -0.05) is 68.0 Å². The summed E-state index contributed by atoms with van der Waals surface area (Å²) in [6.45, 7) is 8.01. The molecule has 0 atom stereocenters. The summed E-state index contributed by atoms with van der Waals surface area (Å²) in [5, 5.41) is 3.49. The number of nitrogens with zero attached hydrogens (tertiary/aromatic N) is 1. The van der Waals surface area contributed by atoms with Crippen LogP contribution >= 0.6 is 0 Å². The van der Waals surface area contributed by atoms with Gasteiger partial charge < -0.3 is 5.32 Å². The first-order chi connectivity index (χ1) is 14.1. The lowest BCUT2D eigenvalue weighted by atomic mass is 9.81. The number of benzene rings is 2. The van der Waals surface area contributed by atoms with Crippen molar-refractivity contribution < 1.29 is 4.58 Å². The Morgan fingerprint density at radius 2 is 1.79 bits per heavy atom. The van der Waals surface area contributed by atoms with Crippen LogP contribution in [-0.2, 0) is 11.8 Å². The van der Waals surface area contributed by atoms with Crippen LogP contribution in [0.2, 0.25) is 0 Å². The van der Waals surface area contributed by atoms with E-state index in [1.807, 2.05) is 0 Å². The van der Waals surface area contributed by atoms with Crippen molar-refractivity contribution in [2.75, 3.05) is 11.9 Å². The fourth-order valence-corrected chi connectivity index (χ4v) is 4.40.